The fourth-order valence-electron chi connectivity index (χ4n) is 4.20. The van der Waals surface area contributed by atoms with Crippen molar-refractivity contribution < 1.29 is 9.53 Å². The van der Waals surface area contributed by atoms with Crippen molar-refractivity contribution in [2.75, 3.05) is 31.1 Å². The minimum atomic E-state index is -0.151. The highest BCUT2D eigenvalue weighted by molar-refractivity contribution is 5.91. The molecule has 0 aromatic carbocycles. The van der Waals surface area contributed by atoms with Crippen molar-refractivity contribution in [3.63, 3.8) is 0 Å². The smallest absolute Gasteiger partial charge is 0.410 e. The maximum absolute atomic E-state index is 12.3. The fourth-order valence-corrected chi connectivity index (χ4v) is 4.20. The van der Waals surface area contributed by atoms with E-state index in [4.69, 9.17) is 4.74 Å². The highest BCUT2D eigenvalue weighted by Crippen LogP contribution is 2.36. The zero-order chi connectivity index (χ0) is 20.0. The van der Waals surface area contributed by atoms with Gasteiger partial charge in [-0.05, 0) is 43.9 Å². The summed E-state index contributed by atoms with van der Waals surface area (Å²) in [5.41, 5.74) is 5.73. The minimum Gasteiger partial charge on any atom is -0.446 e. The largest absolute Gasteiger partial charge is 0.446 e. The highest BCUT2D eigenvalue weighted by Gasteiger charge is 2.29. The topological polar surface area (TPSA) is 63.5 Å². The van der Waals surface area contributed by atoms with Crippen molar-refractivity contribution in [2.45, 2.75) is 38.7 Å². The molecular weight excluding hydrogens is 366 g/mol. The van der Waals surface area contributed by atoms with E-state index >= 15 is 0 Å². The van der Waals surface area contributed by atoms with Gasteiger partial charge in [-0.1, -0.05) is 0 Å². The lowest BCUT2D eigenvalue weighted by molar-refractivity contribution is 0.0259. The molecule has 0 N–H and O–H groups in total. The number of aryl methyl sites for hydroxylation is 2. The van der Waals surface area contributed by atoms with Crippen LogP contribution in [0.25, 0.3) is 11.6 Å². The number of pyridine rings is 1. The molecule has 29 heavy (non-hydrogen) atoms. The second-order valence-corrected chi connectivity index (χ2v) is 8.23. The number of imidazole rings is 1. The molecule has 7 heteroatoms. The lowest BCUT2D eigenvalue weighted by atomic mass is 9.96. The van der Waals surface area contributed by atoms with Crippen LogP contribution in [0.1, 0.15) is 42.0 Å². The van der Waals surface area contributed by atoms with E-state index in [1.54, 1.807) is 0 Å². The molecule has 1 saturated heterocycles. The number of amides is 1. The van der Waals surface area contributed by atoms with Gasteiger partial charge in [0.25, 0.3) is 0 Å². The molecular formula is C22H27N5O2. The third kappa shape index (κ3) is 3.39. The van der Waals surface area contributed by atoms with Gasteiger partial charge in [0, 0.05) is 63.3 Å². The molecule has 2 aromatic rings. The fraction of sp³-hybridized carbons (Fsp3) is 0.500. The number of fused-ring (bicyclic) bond motifs is 1. The van der Waals surface area contributed by atoms with Crippen LogP contribution in [-0.2, 0) is 18.2 Å². The Balaban J connectivity index is 1.30. The first-order chi connectivity index (χ1) is 14.1. The van der Waals surface area contributed by atoms with Gasteiger partial charge in [-0.3, -0.25) is 4.98 Å². The van der Waals surface area contributed by atoms with E-state index in [1.807, 2.05) is 25.1 Å². The lowest BCUT2D eigenvalue weighted by Crippen LogP contribution is -2.50. The van der Waals surface area contributed by atoms with Gasteiger partial charge in [-0.2, -0.15) is 0 Å². The highest BCUT2D eigenvalue weighted by atomic mass is 16.6. The van der Waals surface area contributed by atoms with Gasteiger partial charge in [0.2, 0.25) is 0 Å². The van der Waals surface area contributed by atoms with Crippen LogP contribution in [0.3, 0.4) is 0 Å². The maximum atomic E-state index is 12.3. The molecule has 0 bridgehead atoms. The number of nitrogens with zero attached hydrogens (tertiary/aromatic N) is 5. The summed E-state index contributed by atoms with van der Waals surface area (Å²) in [5.74, 6) is 1.01. The summed E-state index contributed by atoms with van der Waals surface area (Å²) in [7, 11) is 2.02. The Morgan fingerprint density at radius 2 is 2.00 bits per heavy atom. The Kier molecular flexibility index (Phi) is 4.53. The Hall–Kier alpha value is -2.83. The second kappa shape index (κ2) is 7.21. The predicted octanol–water partition coefficient (Wildman–Crippen LogP) is 3.03. The Morgan fingerprint density at radius 3 is 2.66 bits per heavy atom. The van der Waals surface area contributed by atoms with Crippen LogP contribution >= 0.6 is 0 Å². The van der Waals surface area contributed by atoms with Crippen molar-refractivity contribution in [2.24, 2.45) is 7.05 Å². The van der Waals surface area contributed by atoms with Crippen LogP contribution < -0.4 is 4.90 Å². The molecule has 152 valence electrons. The van der Waals surface area contributed by atoms with Crippen LogP contribution in [0, 0.1) is 6.92 Å². The van der Waals surface area contributed by atoms with Crippen LogP contribution in [0.4, 0.5) is 10.5 Å². The molecule has 0 spiro atoms. The summed E-state index contributed by atoms with van der Waals surface area (Å²) in [4.78, 5) is 25.8. The van der Waals surface area contributed by atoms with Gasteiger partial charge in [0.1, 0.15) is 11.9 Å². The molecule has 7 nitrogen and oxygen atoms in total. The van der Waals surface area contributed by atoms with E-state index in [-0.39, 0.29) is 12.2 Å². The number of piperazine rings is 1. The molecule has 0 atom stereocenters. The van der Waals surface area contributed by atoms with E-state index in [9.17, 15) is 4.79 Å². The Morgan fingerprint density at radius 1 is 1.21 bits per heavy atom. The quantitative estimate of drug-likeness (QED) is 0.802. The number of ether oxygens (including phenoxy) is 1. The van der Waals surface area contributed by atoms with E-state index in [0.29, 0.717) is 13.1 Å². The predicted molar refractivity (Wildman–Crippen MR) is 112 cm³/mol. The average Bonchev–Trinajstić information content (AvgIpc) is 3.28. The lowest BCUT2D eigenvalue weighted by Gasteiger charge is -2.37. The number of anilines is 1. The molecule has 2 aromatic heterocycles. The maximum Gasteiger partial charge on any atom is 0.410 e. The van der Waals surface area contributed by atoms with E-state index in [0.717, 1.165) is 49.6 Å². The molecule has 1 amide bonds. The number of allylic oxidation sites excluding steroid dienone is 1. The molecule has 2 fully saturated rings. The number of aromatic nitrogens is 3. The van der Waals surface area contributed by atoms with Crippen LogP contribution in [0.2, 0.25) is 0 Å². The van der Waals surface area contributed by atoms with Crippen LogP contribution in [0.15, 0.2) is 18.5 Å². The molecule has 0 radical (unpaired) electrons. The Bertz CT molecular complexity index is 948. The third-order valence-electron chi connectivity index (χ3n) is 6.36. The van der Waals surface area contributed by atoms with Gasteiger partial charge in [-0.15, -0.1) is 0 Å². The van der Waals surface area contributed by atoms with Crippen LogP contribution in [-0.4, -0.2) is 57.8 Å². The van der Waals surface area contributed by atoms with Crippen molar-refractivity contribution in [1.82, 2.24) is 19.4 Å². The molecule has 2 aliphatic carbocycles. The van der Waals surface area contributed by atoms with Crippen molar-refractivity contribution in [3.05, 3.63) is 41.2 Å². The Labute approximate surface area is 171 Å². The molecule has 5 rings (SSSR count). The van der Waals surface area contributed by atoms with Crippen LogP contribution in [0.5, 0.6) is 0 Å². The van der Waals surface area contributed by atoms with Gasteiger partial charge in [0.15, 0.2) is 0 Å². The molecule has 3 aliphatic rings. The van der Waals surface area contributed by atoms with Gasteiger partial charge in [0.05, 0.1) is 11.4 Å². The summed E-state index contributed by atoms with van der Waals surface area (Å²) in [6.07, 6.45) is 10.2. The first-order valence-corrected chi connectivity index (χ1v) is 10.5. The number of hydrogen-bond acceptors (Lipinski definition) is 5. The second-order valence-electron chi connectivity index (χ2n) is 8.23. The van der Waals surface area contributed by atoms with E-state index < -0.39 is 0 Å². The first-order valence-electron chi connectivity index (χ1n) is 10.5. The number of rotatable bonds is 3. The van der Waals surface area contributed by atoms with Gasteiger partial charge >= 0.3 is 6.09 Å². The molecule has 1 aliphatic heterocycles. The molecule has 3 heterocycles. The van der Waals surface area contributed by atoms with Crippen molar-refractivity contribution >= 4 is 23.4 Å². The average molecular weight is 393 g/mol. The standard InChI is InChI=1S/C22H27N5O2/c1-15-24-20(14-25(15)2)16-12-18-19(13-16)23-7-6-21(18)26-8-10-27(11-9-26)22(28)29-17-4-3-5-17/h6-7,12,14,17H,3-5,8-11,13H2,1-2H3. The van der Waals surface area contributed by atoms with Crippen molar-refractivity contribution in [1.29, 1.82) is 0 Å². The van der Waals surface area contributed by atoms with Gasteiger partial charge < -0.3 is 19.1 Å². The molecule has 1 saturated carbocycles. The van der Waals surface area contributed by atoms with E-state index in [1.165, 1.54) is 23.2 Å². The third-order valence-corrected chi connectivity index (χ3v) is 6.36. The normalized spacial score (nSPS) is 19.0. The van der Waals surface area contributed by atoms with E-state index in [2.05, 4.69) is 37.8 Å². The number of carbonyl (C=O) groups excluding carboxylic acids is 1. The SMILES string of the molecule is Cc1nc(C2=Cc3c(N4CCN(C(=O)OC5CCC5)CC4)ccnc3C2)cn1C. The monoisotopic (exact) mass is 393 g/mol. The minimum absolute atomic E-state index is 0.141. The summed E-state index contributed by atoms with van der Waals surface area (Å²) in [5, 5.41) is 0. The zero-order valence-electron chi connectivity index (χ0n) is 17.1. The summed E-state index contributed by atoms with van der Waals surface area (Å²) in [6, 6.07) is 2.09. The first kappa shape index (κ1) is 18.2. The number of hydrogen-bond donors (Lipinski definition) is 0. The summed E-state index contributed by atoms with van der Waals surface area (Å²) < 4.78 is 7.61. The summed E-state index contributed by atoms with van der Waals surface area (Å²) >= 11 is 0. The van der Waals surface area contributed by atoms with Gasteiger partial charge in [-0.25, -0.2) is 9.78 Å². The summed E-state index contributed by atoms with van der Waals surface area (Å²) in [6.45, 7) is 5.02. The zero-order valence-corrected chi connectivity index (χ0v) is 17.1. The van der Waals surface area contributed by atoms with Crippen molar-refractivity contribution in [3.8, 4) is 0 Å². The number of carbonyl (C=O) groups is 1. The molecule has 0 unspecified atom stereocenters.